The quantitative estimate of drug-likeness (QED) is 0.335. The summed E-state index contributed by atoms with van der Waals surface area (Å²) in [5.74, 6) is 0.167. The summed E-state index contributed by atoms with van der Waals surface area (Å²) in [4.78, 5) is 10.5. The van der Waals surface area contributed by atoms with Crippen molar-refractivity contribution in [2.45, 2.75) is 67.2 Å². The molecule has 1 amide bonds. The molecule has 1 aliphatic carbocycles. The minimum atomic E-state index is -0.393. The number of amides is 1. The Kier molecular flexibility index (Phi) is 24.6. The first-order valence-corrected chi connectivity index (χ1v) is 12.9. The SMILES string of the molecule is CC1=[C-]C(C)C(C)=C1C.CCCCC(CC)C([NH-])=O.[Cl-].[Cl-].[Zr+4].c1ccc([SiH]c2ccccc2)cc1. The predicted molar refractivity (Wildman–Crippen MR) is 142 cm³/mol. The minimum absolute atomic E-state index is 0. The zero-order valence-electron chi connectivity index (χ0n) is 22.0. The molecule has 2 aromatic carbocycles. The number of allylic oxidation sites excluding steroid dienone is 4. The molecule has 1 aliphatic rings. The van der Waals surface area contributed by atoms with Gasteiger partial charge in [-0.25, -0.2) is 5.57 Å². The van der Waals surface area contributed by atoms with Crippen LogP contribution in [0.25, 0.3) is 5.73 Å². The van der Waals surface area contributed by atoms with Crippen LogP contribution >= 0.6 is 0 Å². The van der Waals surface area contributed by atoms with E-state index in [4.69, 9.17) is 5.73 Å². The van der Waals surface area contributed by atoms with Crippen molar-refractivity contribution in [2.75, 3.05) is 0 Å². The van der Waals surface area contributed by atoms with Gasteiger partial charge < -0.3 is 35.3 Å². The molecule has 1 radical (unpaired) electrons. The van der Waals surface area contributed by atoms with E-state index in [1.54, 1.807) is 0 Å². The molecule has 2 unspecified atom stereocenters. The van der Waals surface area contributed by atoms with E-state index in [9.17, 15) is 4.79 Å². The van der Waals surface area contributed by atoms with Crippen molar-refractivity contribution in [3.63, 3.8) is 0 Å². The maximum atomic E-state index is 10.5. The molecule has 0 saturated carbocycles. The van der Waals surface area contributed by atoms with Crippen LogP contribution in [-0.4, -0.2) is 15.4 Å². The molecule has 0 aliphatic heterocycles. The molecule has 0 saturated heterocycles. The third-order valence-electron chi connectivity index (χ3n) is 5.94. The van der Waals surface area contributed by atoms with E-state index in [-0.39, 0.29) is 66.5 Å². The number of benzene rings is 2. The number of carbonyl (C=O) groups is 1. The second-order valence-corrected chi connectivity index (χ2v) is 10.00. The van der Waals surface area contributed by atoms with Gasteiger partial charge in [-0.1, -0.05) is 124 Å². The molecule has 189 valence electrons. The van der Waals surface area contributed by atoms with Gasteiger partial charge in [0.1, 0.15) is 9.52 Å². The fourth-order valence-corrected chi connectivity index (χ4v) is 4.64. The molecule has 0 aromatic heterocycles. The van der Waals surface area contributed by atoms with Crippen molar-refractivity contribution >= 4 is 25.8 Å². The van der Waals surface area contributed by atoms with Crippen LogP contribution in [0.1, 0.15) is 67.2 Å². The molecular formula is C29H40Cl2NOSiZr. The van der Waals surface area contributed by atoms with Crippen molar-refractivity contribution in [1.82, 2.24) is 0 Å². The first-order chi connectivity index (χ1) is 15.3. The Hall–Kier alpha value is -0.930. The van der Waals surface area contributed by atoms with Gasteiger partial charge in [0, 0.05) is 0 Å². The van der Waals surface area contributed by atoms with Gasteiger partial charge in [0.05, 0.1) is 5.91 Å². The summed E-state index contributed by atoms with van der Waals surface area (Å²) in [6.45, 7) is 12.7. The Morgan fingerprint density at radius 2 is 1.40 bits per heavy atom. The van der Waals surface area contributed by atoms with Gasteiger partial charge in [0.2, 0.25) is 0 Å². The van der Waals surface area contributed by atoms with Crippen LogP contribution in [0.2, 0.25) is 0 Å². The fourth-order valence-electron chi connectivity index (χ4n) is 3.42. The molecule has 0 spiro atoms. The topological polar surface area (TPSA) is 40.9 Å². The third-order valence-corrected chi connectivity index (χ3v) is 7.38. The van der Waals surface area contributed by atoms with Crippen LogP contribution in [0.15, 0.2) is 77.4 Å². The van der Waals surface area contributed by atoms with Crippen LogP contribution in [0, 0.1) is 17.9 Å². The number of hydrogen-bond donors (Lipinski definition) is 0. The van der Waals surface area contributed by atoms with Crippen molar-refractivity contribution in [3.05, 3.63) is 89.2 Å². The van der Waals surface area contributed by atoms with Crippen molar-refractivity contribution < 1.29 is 55.8 Å². The monoisotopic (exact) mass is 606 g/mol. The summed E-state index contributed by atoms with van der Waals surface area (Å²) in [7, 11) is 0.271. The number of rotatable bonds is 7. The predicted octanol–water partition coefficient (Wildman–Crippen LogP) is 0.583. The second-order valence-electron chi connectivity index (χ2n) is 8.38. The van der Waals surface area contributed by atoms with Crippen LogP contribution < -0.4 is 35.2 Å². The Bertz CT molecular complexity index is 835. The fraction of sp³-hybridized carbons (Fsp3) is 0.414. The molecule has 2 nitrogen and oxygen atoms in total. The normalized spacial score (nSPS) is 14.3. The second kappa shape index (κ2) is 22.3. The standard InChI is InChI=1S/C12H11Si.C9H13.C8H17NO.2ClH.Zr/c1-3-7-11(8-4-1)13-12-9-5-2-6-10-12;1-6-5-7(2)9(4)8(6)3;1-3-5-6-7(4-2)8(9)10;;;/h1-10,13H;6H,1-4H3;7H,3-6H2,1-2H3,(H2,9,10);2*1H;/q;-1;;;;+4/p-3. The molecule has 0 fully saturated rings. The molecule has 0 bridgehead atoms. The molecule has 0 heterocycles. The summed E-state index contributed by atoms with van der Waals surface area (Å²) < 4.78 is 0. The number of halogens is 2. The molecule has 1 N–H and O–H groups in total. The average molecular weight is 609 g/mol. The zero-order valence-corrected chi connectivity index (χ0v) is 27.1. The number of nitrogens with one attached hydrogen (secondary N) is 1. The summed E-state index contributed by atoms with van der Waals surface area (Å²) >= 11 is 0. The molecule has 2 aromatic rings. The summed E-state index contributed by atoms with van der Waals surface area (Å²) in [6.07, 6.45) is 7.27. The maximum absolute atomic E-state index is 10.5. The molecule has 6 heteroatoms. The largest absolute Gasteiger partial charge is 4.00 e. The first-order valence-electron chi connectivity index (χ1n) is 11.8. The zero-order chi connectivity index (χ0) is 23.9. The molecular weight excluding hydrogens is 569 g/mol. The number of unbranched alkanes of at least 4 members (excludes halogenated alkanes) is 1. The summed E-state index contributed by atoms with van der Waals surface area (Å²) in [5, 5.41) is 2.90. The molecule has 3 rings (SSSR count). The van der Waals surface area contributed by atoms with E-state index >= 15 is 0 Å². The van der Waals surface area contributed by atoms with Gasteiger partial charge in [-0.05, 0) is 18.8 Å². The average Bonchev–Trinajstić information content (AvgIpc) is 3.01. The maximum Gasteiger partial charge on any atom is 4.00 e. The van der Waals surface area contributed by atoms with Crippen molar-refractivity contribution in [2.24, 2.45) is 11.8 Å². The number of hydrogen-bond acceptors (Lipinski definition) is 1. The van der Waals surface area contributed by atoms with Crippen LogP contribution in [0.4, 0.5) is 0 Å². The molecule has 2 atom stereocenters. The Morgan fingerprint density at radius 1 is 0.943 bits per heavy atom. The minimum Gasteiger partial charge on any atom is -1.00 e. The van der Waals surface area contributed by atoms with Gasteiger partial charge in [-0.2, -0.15) is 11.1 Å². The van der Waals surface area contributed by atoms with Crippen molar-refractivity contribution in [3.8, 4) is 0 Å². The van der Waals surface area contributed by atoms with Gasteiger partial charge in [0.25, 0.3) is 0 Å². The van der Waals surface area contributed by atoms with E-state index in [2.05, 4.69) is 101 Å². The van der Waals surface area contributed by atoms with Crippen molar-refractivity contribution in [1.29, 1.82) is 0 Å². The van der Waals surface area contributed by atoms with Gasteiger partial charge in [-0.15, -0.1) is 6.92 Å². The Morgan fingerprint density at radius 3 is 1.66 bits per heavy atom. The van der Waals surface area contributed by atoms with Gasteiger partial charge in [-0.3, -0.25) is 6.08 Å². The van der Waals surface area contributed by atoms with E-state index in [1.165, 1.54) is 27.1 Å². The van der Waals surface area contributed by atoms with E-state index in [0.717, 1.165) is 25.7 Å². The van der Waals surface area contributed by atoms with Gasteiger partial charge >= 0.3 is 26.2 Å². The van der Waals surface area contributed by atoms with Gasteiger partial charge in [0.15, 0.2) is 0 Å². The van der Waals surface area contributed by atoms with E-state index < -0.39 is 5.91 Å². The smallest absolute Gasteiger partial charge is 1.00 e. The van der Waals surface area contributed by atoms with Crippen LogP contribution in [0.5, 0.6) is 0 Å². The Labute approximate surface area is 248 Å². The molecule has 35 heavy (non-hydrogen) atoms. The number of carbonyl (C=O) groups excluding carboxylic acids is 1. The summed E-state index contributed by atoms with van der Waals surface area (Å²) in [5.41, 5.74) is 11.1. The first kappa shape index (κ1) is 38.6. The third kappa shape index (κ3) is 15.7. The summed E-state index contributed by atoms with van der Waals surface area (Å²) in [6, 6.07) is 21.3. The van der Waals surface area contributed by atoms with E-state index in [1.807, 2.05) is 6.92 Å². The van der Waals surface area contributed by atoms with Crippen LogP contribution in [0.3, 0.4) is 0 Å². The van der Waals surface area contributed by atoms with Crippen LogP contribution in [-0.2, 0) is 31.0 Å². The van der Waals surface area contributed by atoms with E-state index in [0.29, 0.717) is 5.92 Å². The Balaban J connectivity index is -0.000000430.